The van der Waals surface area contributed by atoms with Gasteiger partial charge in [-0.05, 0) is 30.5 Å². The quantitative estimate of drug-likeness (QED) is 0.263. The molecule has 0 saturated heterocycles. The van der Waals surface area contributed by atoms with Crippen molar-refractivity contribution in [2.24, 2.45) is 4.99 Å². The topological polar surface area (TPSA) is 39.7 Å². The van der Waals surface area contributed by atoms with Crippen molar-refractivity contribution in [2.45, 2.75) is 26.9 Å². The van der Waals surface area contributed by atoms with Gasteiger partial charge in [0.15, 0.2) is 5.96 Å². The van der Waals surface area contributed by atoms with Crippen molar-refractivity contribution in [1.29, 1.82) is 0 Å². The van der Waals surface area contributed by atoms with E-state index in [9.17, 15) is 0 Å². The molecule has 0 atom stereocenters. The van der Waals surface area contributed by atoms with Crippen molar-refractivity contribution in [3.05, 3.63) is 35.4 Å². The van der Waals surface area contributed by atoms with Crippen LogP contribution in [0.3, 0.4) is 0 Å². The summed E-state index contributed by atoms with van der Waals surface area (Å²) in [6.07, 6.45) is 2.11. The average molecular weight is 450 g/mol. The first-order chi connectivity index (χ1) is 10.7. The molecule has 132 valence electrons. The molecule has 2 N–H and O–H groups in total. The van der Waals surface area contributed by atoms with E-state index in [0.717, 1.165) is 44.4 Å². The SMILES string of the molecule is CCN(CC)Cc1cccc(CNC(=NC)NCCSC)c1.I. The molecule has 0 aliphatic rings. The zero-order chi connectivity index (χ0) is 16.2. The van der Waals surface area contributed by atoms with Gasteiger partial charge in [-0.25, -0.2) is 0 Å². The smallest absolute Gasteiger partial charge is 0.191 e. The molecule has 0 bridgehead atoms. The van der Waals surface area contributed by atoms with Crippen LogP contribution in [0.2, 0.25) is 0 Å². The van der Waals surface area contributed by atoms with Gasteiger partial charge in [0.05, 0.1) is 0 Å². The number of aliphatic imine (C=N–C) groups is 1. The molecule has 0 fully saturated rings. The molecule has 0 radical (unpaired) electrons. The minimum absolute atomic E-state index is 0. The first-order valence-corrected chi connectivity index (χ1v) is 9.36. The van der Waals surface area contributed by atoms with Crippen molar-refractivity contribution in [3.63, 3.8) is 0 Å². The van der Waals surface area contributed by atoms with Gasteiger partial charge in [-0.15, -0.1) is 24.0 Å². The number of benzene rings is 1. The average Bonchev–Trinajstić information content (AvgIpc) is 2.56. The van der Waals surface area contributed by atoms with Crippen LogP contribution in [0.4, 0.5) is 0 Å². The number of nitrogens with zero attached hydrogens (tertiary/aromatic N) is 2. The predicted octanol–water partition coefficient (Wildman–Crippen LogP) is 3.17. The summed E-state index contributed by atoms with van der Waals surface area (Å²) in [5, 5.41) is 6.68. The van der Waals surface area contributed by atoms with Crippen LogP contribution in [0, 0.1) is 0 Å². The number of hydrogen-bond acceptors (Lipinski definition) is 3. The highest BCUT2D eigenvalue weighted by molar-refractivity contribution is 14.0. The van der Waals surface area contributed by atoms with Crippen molar-refractivity contribution in [1.82, 2.24) is 15.5 Å². The van der Waals surface area contributed by atoms with E-state index in [-0.39, 0.29) is 24.0 Å². The van der Waals surface area contributed by atoms with E-state index in [0.29, 0.717) is 0 Å². The summed E-state index contributed by atoms with van der Waals surface area (Å²) in [5.41, 5.74) is 2.66. The van der Waals surface area contributed by atoms with E-state index in [1.165, 1.54) is 11.1 Å². The first kappa shape index (κ1) is 22.5. The van der Waals surface area contributed by atoms with Crippen molar-refractivity contribution >= 4 is 41.7 Å². The summed E-state index contributed by atoms with van der Waals surface area (Å²) in [6, 6.07) is 8.78. The lowest BCUT2D eigenvalue weighted by atomic mass is 10.1. The molecule has 0 aliphatic heterocycles. The highest BCUT2D eigenvalue weighted by Gasteiger charge is 2.03. The lowest BCUT2D eigenvalue weighted by Crippen LogP contribution is -2.37. The van der Waals surface area contributed by atoms with Crippen molar-refractivity contribution in [2.75, 3.05) is 38.7 Å². The van der Waals surface area contributed by atoms with Gasteiger partial charge in [0, 0.05) is 32.4 Å². The number of guanidine groups is 1. The number of thioether (sulfide) groups is 1. The van der Waals surface area contributed by atoms with E-state index in [1.54, 1.807) is 0 Å². The maximum Gasteiger partial charge on any atom is 0.191 e. The second-order valence-electron chi connectivity index (χ2n) is 5.13. The standard InChI is InChI=1S/C17H30N4S.HI/c1-5-21(6-2)14-16-9-7-8-15(12-16)13-20-17(18-3)19-10-11-22-4;/h7-9,12H,5-6,10-11,13-14H2,1-4H3,(H2,18,19,20);1H. The summed E-state index contributed by atoms with van der Waals surface area (Å²) in [5.74, 6) is 1.95. The van der Waals surface area contributed by atoms with Crippen LogP contribution in [-0.4, -0.2) is 49.6 Å². The number of rotatable bonds is 9. The van der Waals surface area contributed by atoms with Gasteiger partial charge in [0.1, 0.15) is 0 Å². The van der Waals surface area contributed by atoms with E-state index in [2.05, 4.69) is 64.9 Å². The van der Waals surface area contributed by atoms with E-state index in [4.69, 9.17) is 0 Å². The van der Waals surface area contributed by atoms with Crippen molar-refractivity contribution < 1.29 is 0 Å². The molecule has 0 aliphatic carbocycles. The fourth-order valence-corrected chi connectivity index (χ4v) is 2.53. The number of nitrogens with one attached hydrogen (secondary N) is 2. The Labute approximate surface area is 162 Å². The lowest BCUT2D eigenvalue weighted by molar-refractivity contribution is 0.296. The minimum atomic E-state index is 0. The molecule has 0 spiro atoms. The molecule has 1 aromatic rings. The fourth-order valence-electron chi connectivity index (χ4n) is 2.22. The lowest BCUT2D eigenvalue weighted by Gasteiger charge is -2.18. The molecule has 23 heavy (non-hydrogen) atoms. The monoisotopic (exact) mass is 450 g/mol. The van der Waals surface area contributed by atoms with Crippen molar-refractivity contribution in [3.8, 4) is 0 Å². The zero-order valence-corrected chi connectivity index (χ0v) is 17.9. The summed E-state index contributed by atoms with van der Waals surface area (Å²) >= 11 is 1.83. The third kappa shape index (κ3) is 9.42. The summed E-state index contributed by atoms with van der Waals surface area (Å²) in [7, 11) is 1.81. The molecule has 0 amide bonds. The second kappa shape index (κ2) is 13.9. The molecule has 0 heterocycles. The molecule has 0 saturated carbocycles. The van der Waals surface area contributed by atoms with Gasteiger partial charge >= 0.3 is 0 Å². The molecule has 4 nitrogen and oxygen atoms in total. The number of halogens is 1. The van der Waals surface area contributed by atoms with Crippen LogP contribution in [0.15, 0.2) is 29.3 Å². The number of hydrogen-bond donors (Lipinski definition) is 2. The highest BCUT2D eigenvalue weighted by atomic mass is 127. The summed E-state index contributed by atoms with van der Waals surface area (Å²) in [6.45, 7) is 9.34. The molecular formula is C17H31IN4S. The molecule has 6 heteroatoms. The maximum atomic E-state index is 4.25. The predicted molar refractivity (Wildman–Crippen MR) is 115 cm³/mol. The van der Waals surface area contributed by atoms with Gasteiger partial charge in [-0.2, -0.15) is 11.8 Å². The molecule has 1 aromatic carbocycles. The fraction of sp³-hybridized carbons (Fsp3) is 0.588. The van der Waals surface area contributed by atoms with Gasteiger partial charge in [-0.3, -0.25) is 9.89 Å². The molecule has 1 rings (SSSR count). The Kier molecular flexibility index (Phi) is 13.6. The van der Waals surface area contributed by atoms with Crippen LogP contribution in [0.25, 0.3) is 0 Å². The normalized spacial score (nSPS) is 11.3. The van der Waals surface area contributed by atoms with Gasteiger partial charge < -0.3 is 10.6 Å². The third-order valence-electron chi connectivity index (χ3n) is 3.57. The Morgan fingerprint density at radius 1 is 1.17 bits per heavy atom. The molecular weight excluding hydrogens is 419 g/mol. The van der Waals surface area contributed by atoms with Crippen LogP contribution >= 0.6 is 35.7 Å². The van der Waals surface area contributed by atoms with Gasteiger partial charge in [-0.1, -0.05) is 38.1 Å². The summed E-state index contributed by atoms with van der Waals surface area (Å²) in [4.78, 5) is 6.68. The van der Waals surface area contributed by atoms with Crippen LogP contribution < -0.4 is 10.6 Å². The van der Waals surface area contributed by atoms with E-state index < -0.39 is 0 Å². The van der Waals surface area contributed by atoms with Crippen LogP contribution in [0.5, 0.6) is 0 Å². The highest BCUT2D eigenvalue weighted by Crippen LogP contribution is 2.08. The Hall–Kier alpha value is -0.470. The largest absolute Gasteiger partial charge is 0.356 e. The van der Waals surface area contributed by atoms with Crippen LogP contribution in [-0.2, 0) is 13.1 Å². The summed E-state index contributed by atoms with van der Waals surface area (Å²) < 4.78 is 0. The Balaban J connectivity index is 0.00000484. The van der Waals surface area contributed by atoms with Gasteiger partial charge in [0.2, 0.25) is 0 Å². The van der Waals surface area contributed by atoms with Gasteiger partial charge in [0.25, 0.3) is 0 Å². The van der Waals surface area contributed by atoms with E-state index in [1.807, 2.05) is 18.8 Å². The van der Waals surface area contributed by atoms with E-state index >= 15 is 0 Å². The Morgan fingerprint density at radius 3 is 2.48 bits per heavy atom. The Morgan fingerprint density at radius 2 is 1.87 bits per heavy atom. The molecule has 0 unspecified atom stereocenters. The molecule has 0 aromatic heterocycles. The van der Waals surface area contributed by atoms with Crippen LogP contribution in [0.1, 0.15) is 25.0 Å². The third-order valence-corrected chi connectivity index (χ3v) is 4.19. The maximum absolute atomic E-state index is 4.25. The zero-order valence-electron chi connectivity index (χ0n) is 14.8. The second-order valence-corrected chi connectivity index (χ2v) is 6.11. The Bertz CT molecular complexity index is 450. The first-order valence-electron chi connectivity index (χ1n) is 7.97. The minimum Gasteiger partial charge on any atom is -0.356 e.